The van der Waals surface area contributed by atoms with E-state index in [0.717, 1.165) is 37.9 Å². The smallest absolute Gasteiger partial charge is 0.249 e. The average Bonchev–Trinajstić information content (AvgIpc) is 2.49. The van der Waals surface area contributed by atoms with Crippen LogP contribution in [-0.4, -0.2) is 46.8 Å². The molecule has 5 heteroatoms. The minimum Gasteiger partial charge on any atom is -0.340 e. The lowest BCUT2D eigenvalue weighted by Gasteiger charge is -2.49. The van der Waals surface area contributed by atoms with E-state index in [1.165, 1.54) is 6.42 Å². The van der Waals surface area contributed by atoms with Gasteiger partial charge < -0.3 is 10.2 Å². The summed E-state index contributed by atoms with van der Waals surface area (Å²) < 4.78 is 0. The van der Waals surface area contributed by atoms with E-state index in [2.05, 4.69) is 19.2 Å². The minimum atomic E-state index is -0.600. The summed E-state index contributed by atoms with van der Waals surface area (Å²) in [5, 5.41) is 3.12. The lowest BCUT2D eigenvalue weighted by atomic mass is 9.77. The maximum Gasteiger partial charge on any atom is 0.249 e. The van der Waals surface area contributed by atoms with Gasteiger partial charge in [0.2, 0.25) is 11.8 Å². The highest BCUT2D eigenvalue weighted by Gasteiger charge is 2.51. The first-order chi connectivity index (χ1) is 10.1. The first-order valence-corrected chi connectivity index (χ1v) is 9.57. The molecule has 2 amide bonds. The van der Waals surface area contributed by atoms with E-state index >= 15 is 0 Å². The normalized spacial score (nSPS) is 26.8. The number of hydrogen-bond acceptors (Lipinski definition) is 3. The fourth-order valence-corrected chi connectivity index (χ4v) is 4.00. The summed E-state index contributed by atoms with van der Waals surface area (Å²) in [4.78, 5) is 27.6. The number of piperazine rings is 1. The van der Waals surface area contributed by atoms with E-state index in [1.807, 2.05) is 11.2 Å². The van der Waals surface area contributed by atoms with E-state index < -0.39 is 5.54 Å². The molecule has 1 aliphatic heterocycles. The van der Waals surface area contributed by atoms with Crippen LogP contribution in [0.25, 0.3) is 0 Å². The van der Waals surface area contributed by atoms with Crippen molar-refractivity contribution in [2.45, 2.75) is 64.0 Å². The summed E-state index contributed by atoms with van der Waals surface area (Å²) >= 11 is 1.73. The molecule has 1 heterocycles. The van der Waals surface area contributed by atoms with E-state index in [4.69, 9.17) is 0 Å². The minimum absolute atomic E-state index is 0.0620. The molecule has 0 bridgehead atoms. The van der Waals surface area contributed by atoms with Crippen LogP contribution in [0, 0.1) is 5.92 Å². The van der Waals surface area contributed by atoms with Crippen molar-refractivity contribution in [1.29, 1.82) is 0 Å². The molecular formula is C16H28N2O2S. The van der Waals surface area contributed by atoms with Gasteiger partial charge in [0.1, 0.15) is 11.6 Å². The summed E-state index contributed by atoms with van der Waals surface area (Å²) in [5.41, 5.74) is -0.600. The third kappa shape index (κ3) is 3.22. The summed E-state index contributed by atoms with van der Waals surface area (Å²) in [6, 6.07) is -0.290. The topological polar surface area (TPSA) is 49.4 Å². The van der Waals surface area contributed by atoms with Gasteiger partial charge in [-0.2, -0.15) is 11.8 Å². The lowest BCUT2D eigenvalue weighted by Crippen LogP contribution is -2.72. The van der Waals surface area contributed by atoms with Gasteiger partial charge in [0.05, 0.1) is 0 Å². The van der Waals surface area contributed by atoms with Crippen LogP contribution in [0.15, 0.2) is 0 Å². The molecule has 2 fully saturated rings. The van der Waals surface area contributed by atoms with Crippen molar-refractivity contribution >= 4 is 23.6 Å². The second kappa shape index (κ2) is 7.03. The van der Waals surface area contributed by atoms with Crippen molar-refractivity contribution in [2.24, 2.45) is 5.92 Å². The molecule has 0 aromatic heterocycles. The Kier molecular flexibility index (Phi) is 5.58. The van der Waals surface area contributed by atoms with Gasteiger partial charge in [0.25, 0.3) is 0 Å². The van der Waals surface area contributed by atoms with E-state index in [1.54, 1.807) is 11.8 Å². The fourth-order valence-electron chi connectivity index (χ4n) is 3.62. The quantitative estimate of drug-likeness (QED) is 0.848. The number of nitrogens with one attached hydrogen (secondary N) is 1. The maximum atomic E-state index is 13.1. The SMILES string of the molecule is CCC(C)C1C(=O)NC2(CCCCC2)C(=O)N1CCSC. The van der Waals surface area contributed by atoms with Crippen LogP contribution in [0.5, 0.6) is 0 Å². The van der Waals surface area contributed by atoms with E-state index in [0.29, 0.717) is 6.54 Å². The van der Waals surface area contributed by atoms with E-state index in [-0.39, 0.29) is 23.8 Å². The average molecular weight is 312 g/mol. The number of carbonyl (C=O) groups is 2. The molecule has 1 saturated heterocycles. The van der Waals surface area contributed by atoms with Crippen LogP contribution in [0.3, 0.4) is 0 Å². The number of hydrogen-bond donors (Lipinski definition) is 1. The highest BCUT2D eigenvalue weighted by Crippen LogP contribution is 2.35. The number of nitrogens with zero attached hydrogens (tertiary/aromatic N) is 1. The van der Waals surface area contributed by atoms with Gasteiger partial charge in [0.15, 0.2) is 0 Å². The second-order valence-electron chi connectivity index (χ2n) is 6.45. The molecule has 2 unspecified atom stereocenters. The first-order valence-electron chi connectivity index (χ1n) is 8.18. The molecule has 21 heavy (non-hydrogen) atoms. The van der Waals surface area contributed by atoms with Crippen molar-refractivity contribution in [1.82, 2.24) is 10.2 Å². The Morgan fingerprint density at radius 2 is 2.00 bits per heavy atom. The number of rotatable bonds is 5. The number of thioether (sulfide) groups is 1. The Morgan fingerprint density at radius 3 is 2.57 bits per heavy atom. The summed E-state index contributed by atoms with van der Waals surface area (Å²) in [6.45, 7) is 4.84. The van der Waals surface area contributed by atoms with Crippen molar-refractivity contribution in [3.63, 3.8) is 0 Å². The van der Waals surface area contributed by atoms with Crippen LogP contribution >= 0.6 is 11.8 Å². The Hall–Kier alpha value is -0.710. The van der Waals surface area contributed by atoms with Crippen molar-refractivity contribution < 1.29 is 9.59 Å². The Morgan fingerprint density at radius 1 is 1.33 bits per heavy atom. The molecule has 1 spiro atoms. The summed E-state index contributed by atoms with van der Waals surface area (Å²) in [6.07, 6.45) is 7.82. The van der Waals surface area contributed by atoms with Gasteiger partial charge in [-0.1, -0.05) is 39.5 Å². The van der Waals surface area contributed by atoms with Gasteiger partial charge in [0, 0.05) is 12.3 Å². The number of amides is 2. The van der Waals surface area contributed by atoms with Gasteiger partial charge >= 0.3 is 0 Å². The molecule has 1 N–H and O–H groups in total. The Labute approximate surface area is 132 Å². The van der Waals surface area contributed by atoms with E-state index in [9.17, 15) is 9.59 Å². The zero-order valence-electron chi connectivity index (χ0n) is 13.5. The molecule has 0 aromatic carbocycles. The largest absolute Gasteiger partial charge is 0.340 e. The predicted molar refractivity (Wildman–Crippen MR) is 87.3 cm³/mol. The standard InChI is InChI=1S/C16H28N2O2S/c1-4-12(2)13-14(19)17-16(8-6-5-7-9-16)15(20)18(13)10-11-21-3/h12-13H,4-11H2,1-3H3,(H,17,19). The third-order valence-corrected chi connectivity index (χ3v) is 5.65. The fraction of sp³-hybridized carbons (Fsp3) is 0.875. The van der Waals surface area contributed by atoms with Crippen molar-refractivity contribution in [3.05, 3.63) is 0 Å². The van der Waals surface area contributed by atoms with Crippen LogP contribution in [0.2, 0.25) is 0 Å². The van der Waals surface area contributed by atoms with Crippen molar-refractivity contribution in [2.75, 3.05) is 18.6 Å². The summed E-state index contributed by atoms with van der Waals surface area (Å²) in [7, 11) is 0. The molecule has 0 aromatic rings. The molecular weight excluding hydrogens is 284 g/mol. The molecule has 2 rings (SSSR count). The van der Waals surface area contributed by atoms with Gasteiger partial charge in [-0.3, -0.25) is 9.59 Å². The maximum absolute atomic E-state index is 13.1. The molecule has 2 aliphatic rings. The highest BCUT2D eigenvalue weighted by atomic mass is 32.2. The molecule has 2 atom stereocenters. The van der Waals surface area contributed by atoms with Gasteiger partial charge in [-0.15, -0.1) is 0 Å². The third-order valence-electron chi connectivity index (χ3n) is 5.06. The van der Waals surface area contributed by atoms with Crippen LogP contribution in [0.4, 0.5) is 0 Å². The molecule has 1 aliphatic carbocycles. The molecule has 0 radical (unpaired) electrons. The lowest BCUT2D eigenvalue weighted by molar-refractivity contribution is -0.158. The Bertz CT molecular complexity index is 394. The molecule has 120 valence electrons. The second-order valence-corrected chi connectivity index (χ2v) is 7.44. The van der Waals surface area contributed by atoms with Gasteiger partial charge in [-0.05, 0) is 25.0 Å². The monoisotopic (exact) mass is 312 g/mol. The zero-order valence-corrected chi connectivity index (χ0v) is 14.3. The van der Waals surface area contributed by atoms with Gasteiger partial charge in [-0.25, -0.2) is 0 Å². The zero-order chi connectivity index (χ0) is 15.5. The van der Waals surface area contributed by atoms with Crippen LogP contribution < -0.4 is 5.32 Å². The molecule has 4 nitrogen and oxygen atoms in total. The Balaban J connectivity index is 2.26. The molecule has 1 saturated carbocycles. The first kappa shape index (κ1) is 16.7. The predicted octanol–water partition coefficient (Wildman–Crippen LogP) is 2.43. The number of carbonyl (C=O) groups excluding carboxylic acids is 2. The van der Waals surface area contributed by atoms with Crippen LogP contribution in [0.1, 0.15) is 52.4 Å². The van der Waals surface area contributed by atoms with Crippen molar-refractivity contribution in [3.8, 4) is 0 Å². The highest BCUT2D eigenvalue weighted by molar-refractivity contribution is 7.98. The van der Waals surface area contributed by atoms with Crippen LogP contribution in [-0.2, 0) is 9.59 Å². The summed E-state index contributed by atoms with van der Waals surface area (Å²) in [5.74, 6) is 1.33.